The summed E-state index contributed by atoms with van der Waals surface area (Å²) in [6, 6.07) is 0. The first-order valence-electron chi connectivity index (χ1n) is 7.15. The quantitative estimate of drug-likeness (QED) is 0.783. The molecule has 1 heterocycles. The van der Waals surface area contributed by atoms with E-state index in [0.29, 0.717) is 4.99 Å². The highest BCUT2D eigenvalue weighted by Gasteiger charge is 2.41. The van der Waals surface area contributed by atoms with Gasteiger partial charge in [0.2, 0.25) is 0 Å². The number of thiocarbonyl (C=S) groups is 1. The van der Waals surface area contributed by atoms with E-state index in [1.165, 1.54) is 25.7 Å². The lowest BCUT2D eigenvalue weighted by atomic mass is 9.98. The van der Waals surface area contributed by atoms with Gasteiger partial charge in [0.25, 0.3) is 0 Å². The van der Waals surface area contributed by atoms with Gasteiger partial charge in [-0.1, -0.05) is 12.2 Å². The van der Waals surface area contributed by atoms with Crippen molar-refractivity contribution in [2.75, 3.05) is 11.9 Å². The number of rotatable bonds is 6. The molecule has 0 aliphatic heterocycles. The summed E-state index contributed by atoms with van der Waals surface area (Å²) in [5, 5.41) is 7.98. The van der Waals surface area contributed by atoms with Crippen LogP contribution in [0.2, 0.25) is 0 Å². The van der Waals surface area contributed by atoms with Crippen molar-refractivity contribution in [2.24, 2.45) is 30.5 Å². The molecule has 0 spiro atoms. The molecule has 2 saturated carbocycles. The maximum atomic E-state index is 5.82. The number of nitrogens with one attached hydrogen (secondary N) is 1. The molecule has 1 aromatic rings. The lowest BCUT2D eigenvalue weighted by Gasteiger charge is -2.18. The van der Waals surface area contributed by atoms with Gasteiger partial charge in [0.15, 0.2) is 0 Å². The Hall–Kier alpha value is -1.10. The van der Waals surface area contributed by atoms with Crippen molar-refractivity contribution >= 4 is 23.0 Å². The van der Waals surface area contributed by atoms with Gasteiger partial charge < -0.3 is 11.1 Å². The molecule has 3 N–H and O–H groups in total. The molecule has 5 heteroatoms. The fraction of sp³-hybridized carbons (Fsp3) is 0.714. The second kappa shape index (κ2) is 4.78. The summed E-state index contributed by atoms with van der Waals surface area (Å²) < 4.78 is 1.86. The highest BCUT2D eigenvalue weighted by atomic mass is 32.1. The van der Waals surface area contributed by atoms with Crippen molar-refractivity contribution in [3.8, 4) is 0 Å². The van der Waals surface area contributed by atoms with Crippen LogP contribution in [0, 0.1) is 24.7 Å². The minimum Gasteiger partial charge on any atom is -0.389 e. The summed E-state index contributed by atoms with van der Waals surface area (Å²) in [4.78, 5) is 0.433. The van der Waals surface area contributed by atoms with Crippen LogP contribution in [0.5, 0.6) is 0 Å². The van der Waals surface area contributed by atoms with Gasteiger partial charge in [-0.3, -0.25) is 4.68 Å². The Bertz CT molecular complexity index is 488. The molecule has 0 radical (unpaired) electrons. The van der Waals surface area contributed by atoms with Gasteiger partial charge in [-0.15, -0.1) is 0 Å². The number of nitrogens with zero attached hydrogens (tertiary/aromatic N) is 2. The van der Waals surface area contributed by atoms with E-state index in [9.17, 15) is 0 Å². The number of aromatic nitrogens is 2. The van der Waals surface area contributed by atoms with Crippen LogP contribution in [-0.4, -0.2) is 21.3 Å². The minimum atomic E-state index is 0.433. The zero-order chi connectivity index (χ0) is 13.6. The van der Waals surface area contributed by atoms with Crippen molar-refractivity contribution in [1.82, 2.24) is 9.78 Å². The largest absolute Gasteiger partial charge is 0.389 e. The van der Waals surface area contributed by atoms with E-state index >= 15 is 0 Å². The molecule has 0 saturated heterocycles. The molecule has 3 rings (SSSR count). The van der Waals surface area contributed by atoms with E-state index in [2.05, 4.69) is 10.4 Å². The maximum Gasteiger partial charge on any atom is 0.134 e. The average molecular weight is 278 g/mol. The third-order valence-electron chi connectivity index (χ3n) is 4.43. The van der Waals surface area contributed by atoms with Crippen LogP contribution in [0.3, 0.4) is 0 Å². The Morgan fingerprint density at radius 1 is 1.42 bits per heavy atom. The van der Waals surface area contributed by atoms with E-state index in [4.69, 9.17) is 18.0 Å². The monoisotopic (exact) mass is 278 g/mol. The van der Waals surface area contributed by atoms with Gasteiger partial charge >= 0.3 is 0 Å². The number of hydrogen-bond donors (Lipinski definition) is 2. The second-order valence-electron chi connectivity index (χ2n) is 6.02. The predicted molar refractivity (Wildman–Crippen MR) is 81.3 cm³/mol. The summed E-state index contributed by atoms with van der Waals surface area (Å²) in [6.45, 7) is 2.99. The lowest BCUT2D eigenvalue weighted by molar-refractivity contribution is 0.427. The van der Waals surface area contributed by atoms with E-state index in [-0.39, 0.29) is 0 Å². The van der Waals surface area contributed by atoms with Crippen molar-refractivity contribution < 1.29 is 0 Å². The maximum absolute atomic E-state index is 5.82. The molecule has 0 aromatic carbocycles. The van der Waals surface area contributed by atoms with Crippen molar-refractivity contribution in [1.29, 1.82) is 0 Å². The topological polar surface area (TPSA) is 55.9 Å². The average Bonchev–Trinajstić information content (AvgIpc) is 3.21. The van der Waals surface area contributed by atoms with Gasteiger partial charge in [0.05, 0.1) is 11.3 Å². The molecule has 104 valence electrons. The molecule has 19 heavy (non-hydrogen) atoms. The molecule has 2 fully saturated rings. The fourth-order valence-corrected chi connectivity index (χ4v) is 3.38. The summed E-state index contributed by atoms with van der Waals surface area (Å²) in [5.41, 5.74) is 7.63. The highest BCUT2D eigenvalue weighted by molar-refractivity contribution is 7.80. The molecule has 2 aliphatic carbocycles. The van der Waals surface area contributed by atoms with Crippen molar-refractivity contribution in [2.45, 2.75) is 32.6 Å². The zero-order valence-electron chi connectivity index (χ0n) is 11.6. The fourth-order valence-electron chi connectivity index (χ4n) is 3.14. The summed E-state index contributed by atoms with van der Waals surface area (Å²) >= 11 is 5.14. The SMILES string of the molecule is Cc1nn(C)c(NCC(C2CC2)C2CC2)c1C(N)=S. The van der Waals surface area contributed by atoms with Crippen LogP contribution in [-0.2, 0) is 7.05 Å². The minimum absolute atomic E-state index is 0.433. The number of aryl methyl sites for hydroxylation is 2. The summed E-state index contributed by atoms with van der Waals surface area (Å²) in [5.74, 6) is 3.70. The molecule has 0 atom stereocenters. The van der Waals surface area contributed by atoms with E-state index in [0.717, 1.165) is 41.4 Å². The van der Waals surface area contributed by atoms with Gasteiger partial charge in [0.1, 0.15) is 10.8 Å². The Balaban J connectivity index is 1.73. The van der Waals surface area contributed by atoms with Crippen LogP contribution in [0.1, 0.15) is 36.9 Å². The zero-order valence-corrected chi connectivity index (χ0v) is 12.5. The first kappa shape index (κ1) is 12.9. The summed E-state index contributed by atoms with van der Waals surface area (Å²) in [7, 11) is 1.94. The van der Waals surface area contributed by atoms with Crippen LogP contribution in [0.4, 0.5) is 5.82 Å². The first-order chi connectivity index (χ1) is 9.08. The molecular weight excluding hydrogens is 256 g/mol. The van der Waals surface area contributed by atoms with Gasteiger partial charge in [-0.05, 0) is 50.4 Å². The standard InChI is InChI=1S/C14H22N4S/c1-8-12(13(15)19)14(18(2)17-8)16-7-11(9-3-4-9)10-5-6-10/h9-11,16H,3-7H2,1-2H3,(H2,15,19). The van der Waals surface area contributed by atoms with Gasteiger partial charge in [0, 0.05) is 13.6 Å². The Morgan fingerprint density at radius 2 is 2.00 bits per heavy atom. The van der Waals surface area contributed by atoms with E-state index in [1.807, 2.05) is 18.7 Å². The Kier molecular flexibility index (Phi) is 3.25. The highest BCUT2D eigenvalue weighted by Crippen LogP contribution is 2.49. The molecule has 2 aliphatic rings. The third-order valence-corrected chi connectivity index (χ3v) is 4.63. The smallest absolute Gasteiger partial charge is 0.134 e. The van der Waals surface area contributed by atoms with Crippen LogP contribution in [0.25, 0.3) is 0 Å². The van der Waals surface area contributed by atoms with Crippen LogP contribution in [0.15, 0.2) is 0 Å². The molecular formula is C14H22N4S. The van der Waals surface area contributed by atoms with Gasteiger partial charge in [-0.25, -0.2) is 0 Å². The molecule has 0 unspecified atom stereocenters. The Labute approximate surface area is 119 Å². The van der Waals surface area contributed by atoms with Crippen LogP contribution < -0.4 is 11.1 Å². The number of hydrogen-bond acceptors (Lipinski definition) is 3. The predicted octanol–water partition coefficient (Wildman–Crippen LogP) is 2.21. The molecule has 4 nitrogen and oxygen atoms in total. The van der Waals surface area contributed by atoms with Crippen LogP contribution >= 0.6 is 12.2 Å². The number of nitrogens with two attached hydrogens (primary N) is 1. The van der Waals surface area contributed by atoms with E-state index < -0.39 is 0 Å². The summed E-state index contributed by atoms with van der Waals surface area (Å²) in [6.07, 6.45) is 5.65. The van der Waals surface area contributed by atoms with E-state index in [1.54, 1.807) is 0 Å². The Morgan fingerprint density at radius 3 is 2.47 bits per heavy atom. The second-order valence-corrected chi connectivity index (χ2v) is 6.46. The molecule has 1 aromatic heterocycles. The molecule has 0 bridgehead atoms. The van der Waals surface area contributed by atoms with Gasteiger partial charge in [-0.2, -0.15) is 5.10 Å². The van der Waals surface area contributed by atoms with Crippen molar-refractivity contribution in [3.63, 3.8) is 0 Å². The molecule has 0 amide bonds. The third kappa shape index (κ3) is 2.61. The lowest BCUT2D eigenvalue weighted by Crippen LogP contribution is -2.21. The normalized spacial score (nSPS) is 18.9. The van der Waals surface area contributed by atoms with Crippen molar-refractivity contribution in [3.05, 3.63) is 11.3 Å². The number of anilines is 1. The first-order valence-corrected chi connectivity index (χ1v) is 7.56.